The molecule has 0 saturated carbocycles. The number of aryl methyl sites for hydroxylation is 1. The first-order valence-corrected chi connectivity index (χ1v) is 4.69. The summed E-state index contributed by atoms with van der Waals surface area (Å²) in [6.07, 6.45) is 1.34. The van der Waals surface area contributed by atoms with Gasteiger partial charge in [-0.3, -0.25) is 9.48 Å². The van der Waals surface area contributed by atoms with E-state index in [0.717, 1.165) is 0 Å². The number of nitrogens with zero attached hydrogens (tertiary/aromatic N) is 5. The first kappa shape index (κ1) is 9.82. The van der Waals surface area contributed by atoms with Crippen molar-refractivity contribution in [2.24, 2.45) is 7.05 Å². The van der Waals surface area contributed by atoms with E-state index in [1.54, 1.807) is 16.4 Å². The van der Waals surface area contributed by atoms with Crippen LogP contribution in [-0.2, 0) is 12.6 Å². The molecule has 0 aliphatic heterocycles. The van der Waals surface area contributed by atoms with Gasteiger partial charge in [0.2, 0.25) is 0 Å². The maximum atomic E-state index is 12.0. The van der Waals surface area contributed by atoms with Crippen LogP contribution in [0.15, 0.2) is 11.1 Å². The van der Waals surface area contributed by atoms with Gasteiger partial charge in [0.1, 0.15) is 6.33 Å². The van der Waals surface area contributed by atoms with E-state index in [4.69, 9.17) is 0 Å². The van der Waals surface area contributed by atoms with Crippen LogP contribution in [0.3, 0.4) is 0 Å². The van der Waals surface area contributed by atoms with Crippen LogP contribution in [0.2, 0.25) is 0 Å². The van der Waals surface area contributed by atoms with Gasteiger partial charge in [-0.25, -0.2) is 9.67 Å². The van der Waals surface area contributed by atoms with Gasteiger partial charge in [-0.1, -0.05) is 0 Å². The summed E-state index contributed by atoms with van der Waals surface area (Å²) < 4.78 is 3.34. The van der Waals surface area contributed by atoms with Gasteiger partial charge in [-0.05, 0) is 20.8 Å². The van der Waals surface area contributed by atoms with Gasteiger partial charge in [-0.15, -0.1) is 10.2 Å². The van der Waals surface area contributed by atoms with Crippen LogP contribution in [-0.4, -0.2) is 24.5 Å². The molecule has 0 bridgehead atoms. The average Bonchev–Trinajstić information content (AvgIpc) is 2.39. The third-order valence-electron chi connectivity index (χ3n) is 2.24. The van der Waals surface area contributed by atoms with Gasteiger partial charge in [0, 0.05) is 7.05 Å². The van der Waals surface area contributed by atoms with E-state index < -0.39 is 0 Å². The van der Waals surface area contributed by atoms with Gasteiger partial charge in [0.25, 0.3) is 5.56 Å². The predicted octanol–water partition coefficient (Wildman–Crippen LogP) is 0.280. The lowest BCUT2D eigenvalue weighted by atomic mass is 10.1. The molecule has 80 valence electrons. The molecule has 2 aromatic heterocycles. The summed E-state index contributed by atoms with van der Waals surface area (Å²) in [5.74, 6) is 0. The van der Waals surface area contributed by atoms with Crippen molar-refractivity contribution in [1.82, 2.24) is 24.5 Å². The van der Waals surface area contributed by atoms with E-state index in [1.165, 1.54) is 6.33 Å². The number of aromatic nitrogens is 5. The molecule has 0 atom stereocenters. The van der Waals surface area contributed by atoms with Crippen molar-refractivity contribution in [2.45, 2.75) is 26.3 Å². The van der Waals surface area contributed by atoms with E-state index in [1.807, 2.05) is 20.8 Å². The van der Waals surface area contributed by atoms with Crippen LogP contribution in [0.4, 0.5) is 0 Å². The minimum atomic E-state index is -0.297. The van der Waals surface area contributed by atoms with E-state index in [2.05, 4.69) is 15.2 Å². The summed E-state index contributed by atoms with van der Waals surface area (Å²) in [6.45, 7) is 5.88. The SMILES string of the molecule is Cn1c2ncnnc2c(=O)n1C(C)(C)C. The van der Waals surface area contributed by atoms with Gasteiger partial charge in [0.15, 0.2) is 11.2 Å². The first-order valence-electron chi connectivity index (χ1n) is 4.69. The lowest BCUT2D eigenvalue weighted by Gasteiger charge is -2.22. The maximum Gasteiger partial charge on any atom is 0.297 e. The fraction of sp³-hybridized carbons (Fsp3) is 0.556. The molecule has 0 spiro atoms. The number of rotatable bonds is 0. The Balaban J connectivity index is 2.94. The Hall–Kier alpha value is -1.72. The lowest BCUT2D eigenvalue weighted by Crippen LogP contribution is -2.35. The Labute approximate surface area is 86.5 Å². The quantitative estimate of drug-likeness (QED) is 0.622. The monoisotopic (exact) mass is 207 g/mol. The van der Waals surface area contributed by atoms with Crippen LogP contribution < -0.4 is 5.56 Å². The van der Waals surface area contributed by atoms with Crippen molar-refractivity contribution < 1.29 is 0 Å². The summed E-state index contributed by atoms with van der Waals surface area (Å²) in [7, 11) is 1.80. The Morgan fingerprint density at radius 1 is 1.33 bits per heavy atom. The molecule has 0 aliphatic carbocycles. The van der Waals surface area contributed by atoms with Crippen LogP contribution >= 0.6 is 0 Å². The van der Waals surface area contributed by atoms with Gasteiger partial charge in [0.05, 0.1) is 5.54 Å². The molecule has 6 heteroatoms. The fourth-order valence-electron chi connectivity index (χ4n) is 1.73. The van der Waals surface area contributed by atoms with Crippen LogP contribution in [0.25, 0.3) is 11.2 Å². The Morgan fingerprint density at radius 3 is 2.53 bits per heavy atom. The highest BCUT2D eigenvalue weighted by atomic mass is 16.1. The molecule has 0 radical (unpaired) electrons. The molecule has 0 N–H and O–H groups in total. The van der Waals surface area contributed by atoms with Gasteiger partial charge >= 0.3 is 0 Å². The number of hydrogen-bond donors (Lipinski definition) is 0. The first-order chi connectivity index (χ1) is 6.93. The van der Waals surface area contributed by atoms with Crippen molar-refractivity contribution in [3.8, 4) is 0 Å². The summed E-state index contributed by atoms with van der Waals surface area (Å²) >= 11 is 0. The zero-order valence-electron chi connectivity index (χ0n) is 9.22. The zero-order valence-corrected chi connectivity index (χ0v) is 9.22. The topological polar surface area (TPSA) is 65.6 Å². The standard InChI is InChI=1S/C9H13N5O/c1-9(2,3)14-8(15)6-7(13(14)4)10-5-11-12-6/h5H,1-4H3. The van der Waals surface area contributed by atoms with Crippen molar-refractivity contribution in [3.63, 3.8) is 0 Å². The molecule has 2 aromatic rings. The molecule has 0 aromatic carbocycles. The molecule has 0 aliphatic rings. The number of fused-ring (bicyclic) bond motifs is 1. The molecule has 2 rings (SSSR count). The molecule has 2 heterocycles. The lowest BCUT2D eigenvalue weighted by molar-refractivity contribution is 0.306. The van der Waals surface area contributed by atoms with Crippen molar-refractivity contribution in [3.05, 3.63) is 16.7 Å². The molecule has 0 amide bonds. The average molecular weight is 207 g/mol. The second kappa shape index (κ2) is 2.88. The third-order valence-corrected chi connectivity index (χ3v) is 2.24. The molecule has 0 fully saturated rings. The van der Waals surface area contributed by atoms with Crippen LogP contribution in [0.5, 0.6) is 0 Å². The molecule has 15 heavy (non-hydrogen) atoms. The highest BCUT2D eigenvalue weighted by molar-refractivity contribution is 5.68. The van der Waals surface area contributed by atoms with E-state index in [9.17, 15) is 4.79 Å². The van der Waals surface area contributed by atoms with Gasteiger partial charge < -0.3 is 0 Å². The smallest absolute Gasteiger partial charge is 0.266 e. The minimum Gasteiger partial charge on any atom is -0.266 e. The second-order valence-electron chi connectivity index (χ2n) is 4.44. The van der Waals surface area contributed by atoms with Gasteiger partial charge in [-0.2, -0.15) is 0 Å². The van der Waals surface area contributed by atoms with E-state index in [0.29, 0.717) is 11.2 Å². The van der Waals surface area contributed by atoms with Crippen molar-refractivity contribution in [1.29, 1.82) is 0 Å². The summed E-state index contributed by atoms with van der Waals surface area (Å²) in [6, 6.07) is 0. The largest absolute Gasteiger partial charge is 0.297 e. The third kappa shape index (κ3) is 1.33. The molecule has 6 nitrogen and oxygen atoms in total. The van der Waals surface area contributed by atoms with Crippen LogP contribution in [0.1, 0.15) is 20.8 Å². The Morgan fingerprint density at radius 2 is 2.00 bits per heavy atom. The second-order valence-corrected chi connectivity index (χ2v) is 4.44. The molecular formula is C9H13N5O. The van der Waals surface area contributed by atoms with E-state index >= 15 is 0 Å². The van der Waals surface area contributed by atoms with E-state index in [-0.39, 0.29) is 11.1 Å². The zero-order chi connectivity index (χ0) is 11.2. The van der Waals surface area contributed by atoms with Crippen molar-refractivity contribution in [2.75, 3.05) is 0 Å². The molecule has 0 unspecified atom stereocenters. The minimum absolute atomic E-state index is 0.152. The maximum absolute atomic E-state index is 12.0. The highest BCUT2D eigenvalue weighted by Crippen LogP contribution is 2.13. The fourth-order valence-corrected chi connectivity index (χ4v) is 1.73. The summed E-state index contributed by atoms with van der Waals surface area (Å²) in [5, 5.41) is 7.43. The highest BCUT2D eigenvalue weighted by Gasteiger charge is 2.22. The van der Waals surface area contributed by atoms with Crippen LogP contribution in [0, 0.1) is 0 Å². The molecular weight excluding hydrogens is 194 g/mol. The summed E-state index contributed by atoms with van der Waals surface area (Å²) in [5.41, 5.74) is 0.425. The van der Waals surface area contributed by atoms with Crippen molar-refractivity contribution >= 4 is 11.2 Å². The Kier molecular flexibility index (Phi) is 1.89. The normalized spacial score (nSPS) is 12.3. The Bertz CT molecular complexity index is 560. The summed E-state index contributed by atoms with van der Waals surface area (Å²) in [4.78, 5) is 16.0. The molecule has 0 saturated heterocycles. The number of hydrogen-bond acceptors (Lipinski definition) is 4. The predicted molar refractivity (Wildman–Crippen MR) is 55.6 cm³/mol.